The van der Waals surface area contributed by atoms with Gasteiger partial charge in [-0.05, 0) is 38.1 Å². The number of amides is 1. The molecule has 0 bridgehead atoms. The number of carbonyl (C=O) groups excluding carboxylic acids is 1. The topological polar surface area (TPSA) is 78.3 Å². The third kappa shape index (κ3) is 4.44. The Kier molecular flexibility index (Phi) is 5.71. The average Bonchev–Trinajstić information content (AvgIpc) is 3.08. The highest BCUT2D eigenvalue weighted by molar-refractivity contribution is 5.93. The summed E-state index contributed by atoms with van der Waals surface area (Å²) in [6.07, 6.45) is 0. The smallest absolute Gasteiger partial charge is 0.273 e. The van der Waals surface area contributed by atoms with Crippen LogP contribution in [-0.2, 0) is 0 Å². The Morgan fingerprint density at radius 2 is 1.89 bits per heavy atom. The Bertz CT molecular complexity index is 919. The zero-order chi connectivity index (χ0) is 19.2. The summed E-state index contributed by atoms with van der Waals surface area (Å²) in [4.78, 5) is 12.4. The molecule has 0 spiro atoms. The second kappa shape index (κ2) is 8.35. The van der Waals surface area contributed by atoms with Gasteiger partial charge in [0.15, 0.2) is 5.69 Å². The maximum atomic E-state index is 12.4. The van der Waals surface area contributed by atoms with E-state index in [-0.39, 0.29) is 11.6 Å². The molecule has 140 valence electrons. The van der Waals surface area contributed by atoms with Crippen LogP contribution in [0.15, 0.2) is 48.5 Å². The summed E-state index contributed by atoms with van der Waals surface area (Å²) in [6.45, 7) is 4.57. The molecule has 0 saturated carbocycles. The van der Waals surface area contributed by atoms with Gasteiger partial charge in [0.2, 0.25) is 0 Å². The minimum atomic E-state index is -0.283. The molecule has 1 N–H and O–H groups in total. The number of ether oxygens (including phenoxy) is 2. The molecule has 1 amide bonds. The normalized spacial score (nSPS) is 10.5. The van der Waals surface area contributed by atoms with Gasteiger partial charge in [0, 0.05) is 6.07 Å². The predicted octanol–water partition coefficient (Wildman–Crippen LogP) is 2.70. The van der Waals surface area contributed by atoms with Gasteiger partial charge in [-0.2, -0.15) is 0 Å². The number of aryl methyl sites for hydroxylation is 1. The van der Waals surface area contributed by atoms with Gasteiger partial charge in [0.25, 0.3) is 5.91 Å². The fraction of sp³-hybridized carbons (Fsp3) is 0.250. The predicted molar refractivity (Wildman–Crippen MR) is 102 cm³/mol. The SMILES string of the molecule is COc1cccc(-n2nnc(C(=O)NCCOc3ccc(C)cc3)c2C)c1. The number of nitrogens with zero attached hydrogens (tertiary/aromatic N) is 3. The van der Waals surface area contributed by atoms with Crippen molar-refractivity contribution in [2.45, 2.75) is 13.8 Å². The summed E-state index contributed by atoms with van der Waals surface area (Å²) in [5.41, 5.74) is 2.89. The molecular formula is C20H22N4O3. The van der Waals surface area contributed by atoms with Crippen molar-refractivity contribution in [2.75, 3.05) is 20.3 Å². The molecule has 1 aromatic heterocycles. The highest BCUT2D eigenvalue weighted by atomic mass is 16.5. The maximum Gasteiger partial charge on any atom is 0.273 e. The van der Waals surface area contributed by atoms with E-state index in [4.69, 9.17) is 9.47 Å². The van der Waals surface area contributed by atoms with Crippen LogP contribution in [0.2, 0.25) is 0 Å². The van der Waals surface area contributed by atoms with Gasteiger partial charge in [-0.1, -0.05) is 29.0 Å². The van der Waals surface area contributed by atoms with Crippen molar-refractivity contribution >= 4 is 5.91 Å². The number of methoxy groups -OCH3 is 1. The van der Waals surface area contributed by atoms with Crippen LogP contribution in [0.4, 0.5) is 0 Å². The molecule has 0 aliphatic heterocycles. The van der Waals surface area contributed by atoms with Crippen LogP contribution in [0.1, 0.15) is 21.7 Å². The molecule has 0 fully saturated rings. The van der Waals surface area contributed by atoms with Gasteiger partial charge in [-0.25, -0.2) is 4.68 Å². The first-order valence-corrected chi connectivity index (χ1v) is 8.63. The van der Waals surface area contributed by atoms with Crippen molar-refractivity contribution in [3.63, 3.8) is 0 Å². The average molecular weight is 366 g/mol. The first-order valence-electron chi connectivity index (χ1n) is 8.63. The number of aromatic nitrogens is 3. The first kappa shape index (κ1) is 18.4. The van der Waals surface area contributed by atoms with Crippen LogP contribution >= 0.6 is 0 Å². The fourth-order valence-corrected chi connectivity index (χ4v) is 2.58. The van der Waals surface area contributed by atoms with Crippen molar-refractivity contribution in [1.29, 1.82) is 0 Å². The van der Waals surface area contributed by atoms with Crippen LogP contribution in [0.3, 0.4) is 0 Å². The van der Waals surface area contributed by atoms with E-state index in [2.05, 4.69) is 15.6 Å². The summed E-state index contributed by atoms with van der Waals surface area (Å²) < 4.78 is 12.4. The molecule has 0 aliphatic carbocycles. The van der Waals surface area contributed by atoms with E-state index >= 15 is 0 Å². The van der Waals surface area contributed by atoms with Gasteiger partial charge >= 0.3 is 0 Å². The molecule has 1 heterocycles. The van der Waals surface area contributed by atoms with Gasteiger partial charge < -0.3 is 14.8 Å². The second-order valence-corrected chi connectivity index (χ2v) is 6.05. The molecule has 7 nitrogen and oxygen atoms in total. The van der Waals surface area contributed by atoms with Crippen molar-refractivity contribution in [1.82, 2.24) is 20.3 Å². The van der Waals surface area contributed by atoms with Gasteiger partial charge in [0.1, 0.15) is 18.1 Å². The van der Waals surface area contributed by atoms with Crippen molar-refractivity contribution in [2.24, 2.45) is 0 Å². The number of benzene rings is 2. The largest absolute Gasteiger partial charge is 0.497 e. The van der Waals surface area contributed by atoms with Crippen LogP contribution in [-0.4, -0.2) is 41.2 Å². The molecule has 3 rings (SSSR count). The minimum absolute atomic E-state index is 0.283. The van der Waals surface area contributed by atoms with Gasteiger partial charge in [-0.15, -0.1) is 5.10 Å². The quantitative estimate of drug-likeness (QED) is 0.651. The molecule has 7 heteroatoms. The van der Waals surface area contributed by atoms with E-state index in [1.807, 2.05) is 55.5 Å². The summed E-state index contributed by atoms with van der Waals surface area (Å²) >= 11 is 0. The van der Waals surface area contributed by atoms with E-state index in [0.29, 0.717) is 24.6 Å². The van der Waals surface area contributed by atoms with E-state index < -0.39 is 0 Å². The highest BCUT2D eigenvalue weighted by Gasteiger charge is 2.17. The lowest BCUT2D eigenvalue weighted by Gasteiger charge is -2.08. The van der Waals surface area contributed by atoms with Crippen molar-refractivity contribution in [3.8, 4) is 17.2 Å². The number of hydrogen-bond acceptors (Lipinski definition) is 5. The zero-order valence-corrected chi connectivity index (χ0v) is 15.6. The van der Waals surface area contributed by atoms with Crippen LogP contribution < -0.4 is 14.8 Å². The molecular weight excluding hydrogens is 344 g/mol. The minimum Gasteiger partial charge on any atom is -0.497 e. The summed E-state index contributed by atoms with van der Waals surface area (Å²) in [5, 5.41) is 10.9. The van der Waals surface area contributed by atoms with Crippen LogP contribution in [0.5, 0.6) is 11.5 Å². The van der Waals surface area contributed by atoms with Gasteiger partial charge in [-0.3, -0.25) is 4.79 Å². The number of nitrogens with one attached hydrogen (secondary N) is 1. The Morgan fingerprint density at radius 3 is 2.63 bits per heavy atom. The molecule has 0 unspecified atom stereocenters. The summed E-state index contributed by atoms with van der Waals surface area (Å²) in [5.74, 6) is 1.20. The van der Waals surface area contributed by atoms with E-state index in [1.165, 1.54) is 5.56 Å². The molecule has 0 radical (unpaired) electrons. The van der Waals surface area contributed by atoms with E-state index in [1.54, 1.807) is 18.7 Å². The maximum absolute atomic E-state index is 12.4. The van der Waals surface area contributed by atoms with Crippen molar-refractivity contribution in [3.05, 3.63) is 65.5 Å². The standard InChI is InChI=1S/C20H22N4O3/c1-14-7-9-17(10-8-14)27-12-11-21-20(25)19-15(2)24(23-22-19)16-5-4-6-18(13-16)26-3/h4-10,13H,11-12H2,1-3H3,(H,21,25). The van der Waals surface area contributed by atoms with Gasteiger partial charge in [0.05, 0.1) is 25.0 Å². The fourth-order valence-electron chi connectivity index (χ4n) is 2.58. The number of hydrogen-bond donors (Lipinski definition) is 1. The number of rotatable bonds is 7. The molecule has 3 aromatic rings. The monoisotopic (exact) mass is 366 g/mol. The zero-order valence-electron chi connectivity index (χ0n) is 15.6. The van der Waals surface area contributed by atoms with E-state index in [9.17, 15) is 4.79 Å². The lowest BCUT2D eigenvalue weighted by atomic mass is 10.2. The van der Waals surface area contributed by atoms with Crippen molar-refractivity contribution < 1.29 is 14.3 Å². The molecule has 0 aliphatic rings. The molecule has 0 saturated heterocycles. The highest BCUT2D eigenvalue weighted by Crippen LogP contribution is 2.18. The summed E-state index contributed by atoms with van der Waals surface area (Å²) in [6, 6.07) is 15.2. The third-order valence-electron chi connectivity index (χ3n) is 4.08. The van der Waals surface area contributed by atoms with E-state index in [0.717, 1.165) is 11.4 Å². The Hall–Kier alpha value is -3.35. The summed E-state index contributed by atoms with van der Waals surface area (Å²) in [7, 11) is 1.60. The lowest BCUT2D eigenvalue weighted by molar-refractivity contribution is 0.0941. The number of carbonyl (C=O) groups is 1. The Balaban J connectivity index is 1.58. The van der Waals surface area contributed by atoms with Crippen LogP contribution in [0, 0.1) is 13.8 Å². The molecule has 27 heavy (non-hydrogen) atoms. The first-order chi connectivity index (χ1) is 13.1. The molecule has 2 aromatic carbocycles. The second-order valence-electron chi connectivity index (χ2n) is 6.05. The Morgan fingerprint density at radius 1 is 1.11 bits per heavy atom. The molecule has 0 atom stereocenters. The van der Waals surface area contributed by atoms with Crippen LogP contribution in [0.25, 0.3) is 5.69 Å². The lowest BCUT2D eigenvalue weighted by Crippen LogP contribution is -2.29. The Labute approximate surface area is 157 Å². The third-order valence-corrected chi connectivity index (χ3v) is 4.08.